The van der Waals surface area contributed by atoms with Gasteiger partial charge >= 0.3 is 5.97 Å². The second-order valence-corrected chi connectivity index (χ2v) is 7.31. The van der Waals surface area contributed by atoms with Gasteiger partial charge in [0.15, 0.2) is 0 Å². The van der Waals surface area contributed by atoms with Gasteiger partial charge in [-0.25, -0.2) is 0 Å². The van der Waals surface area contributed by atoms with Crippen LogP contribution < -0.4 is 4.74 Å². The van der Waals surface area contributed by atoms with Gasteiger partial charge in [0.1, 0.15) is 12.0 Å². The van der Waals surface area contributed by atoms with Crippen molar-refractivity contribution in [1.29, 1.82) is 0 Å². The van der Waals surface area contributed by atoms with Crippen LogP contribution in [-0.4, -0.2) is 26.5 Å². The van der Waals surface area contributed by atoms with Crippen LogP contribution in [0.15, 0.2) is 24.3 Å². The lowest BCUT2D eigenvalue weighted by molar-refractivity contribution is -0.141. The molecular formula is C21H26O4. The lowest BCUT2D eigenvalue weighted by Crippen LogP contribution is -2.42. The third kappa shape index (κ3) is 3.10. The molecule has 0 fully saturated rings. The van der Waals surface area contributed by atoms with Gasteiger partial charge in [-0.2, -0.15) is 0 Å². The van der Waals surface area contributed by atoms with Crippen LogP contribution in [0, 0.1) is 17.3 Å². The molecule has 3 atom stereocenters. The number of methoxy groups -OCH3 is 2. The second-order valence-electron chi connectivity index (χ2n) is 7.31. The third-order valence-electron chi connectivity index (χ3n) is 6.13. The molecule has 0 radical (unpaired) electrons. The number of allylic oxidation sites excluding steroid dienone is 2. The van der Waals surface area contributed by atoms with Crippen LogP contribution in [0.1, 0.15) is 43.7 Å². The number of hydrogen-bond donors (Lipinski definition) is 0. The number of ether oxygens (including phenoxy) is 2. The summed E-state index contributed by atoms with van der Waals surface area (Å²) in [6.45, 7) is 2.06. The number of rotatable bonds is 5. The lowest BCUT2D eigenvalue weighted by Gasteiger charge is -2.46. The van der Waals surface area contributed by atoms with Gasteiger partial charge < -0.3 is 14.3 Å². The van der Waals surface area contributed by atoms with Crippen molar-refractivity contribution in [2.45, 2.75) is 39.0 Å². The molecule has 25 heavy (non-hydrogen) atoms. The number of esters is 1. The minimum atomic E-state index is -0.435. The molecule has 4 heteroatoms. The normalized spacial score (nSPS) is 27.6. The van der Waals surface area contributed by atoms with Crippen LogP contribution in [0.5, 0.6) is 5.75 Å². The number of carbonyl (C=O) groups is 2. The zero-order valence-corrected chi connectivity index (χ0v) is 15.2. The average molecular weight is 342 g/mol. The van der Waals surface area contributed by atoms with Crippen LogP contribution in [0.4, 0.5) is 0 Å². The van der Waals surface area contributed by atoms with Gasteiger partial charge in [0.25, 0.3) is 0 Å². The minimum Gasteiger partial charge on any atom is -0.497 e. The first-order valence-corrected chi connectivity index (χ1v) is 8.94. The molecule has 0 amide bonds. The van der Waals surface area contributed by atoms with E-state index in [4.69, 9.17) is 9.47 Å². The van der Waals surface area contributed by atoms with E-state index in [0.29, 0.717) is 12.8 Å². The summed E-state index contributed by atoms with van der Waals surface area (Å²) in [5.74, 6) is 1.06. The summed E-state index contributed by atoms with van der Waals surface area (Å²) in [6, 6.07) is 6.21. The van der Waals surface area contributed by atoms with Crippen LogP contribution in [0.25, 0.3) is 5.57 Å². The summed E-state index contributed by atoms with van der Waals surface area (Å²) in [4.78, 5) is 23.6. The number of aldehydes is 1. The van der Waals surface area contributed by atoms with Crippen molar-refractivity contribution in [2.75, 3.05) is 14.2 Å². The summed E-state index contributed by atoms with van der Waals surface area (Å²) in [5.41, 5.74) is 3.39. The largest absolute Gasteiger partial charge is 0.497 e. The van der Waals surface area contributed by atoms with E-state index in [1.54, 1.807) is 7.11 Å². The Bertz CT molecular complexity index is 706. The Morgan fingerprint density at radius 3 is 2.84 bits per heavy atom. The van der Waals surface area contributed by atoms with Crippen molar-refractivity contribution in [3.05, 3.63) is 35.4 Å². The molecule has 0 unspecified atom stereocenters. The van der Waals surface area contributed by atoms with Crippen molar-refractivity contribution >= 4 is 17.8 Å². The predicted molar refractivity (Wildman–Crippen MR) is 96.3 cm³/mol. The van der Waals surface area contributed by atoms with Gasteiger partial charge in [-0.1, -0.05) is 19.1 Å². The molecule has 2 aliphatic rings. The molecule has 0 aliphatic heterocycles. The summed E-state index contributed by atoms with van der Waals surface area (Å²) >= 11 is 0. The average Bonchev–Trinajstić information content (AvgIpc) is 2.66. The molecule has 0 bridgehead atoms. The summed E-state index contributed by atoms with van der Waals surface area (Å²) in [6.07, 6.45) is 7.19. The van der Waals surface area contributed by atoms with E-state index in [1.807, 2.05) is 6.07 Å². The Morgan fingerprint density at radius 2 is 2.16 bits per heavy atom. The van der Waals surface area contributed by atoms with Gasteiger partial charge in [0, 0.05) is 11.8 Å². The SMILES string of the molecule is COC(=O)CC[C@H]1CC=C2c3ccc(OC)cc3CC[C@H]2[C@]1(C)C=O. The molecule has 0 saturated heterocycles. The van der Waals surface area contributed by atoms with Crippen molar-refractivity contribution in [1.82, 2.24) is 0 Å². The number of fused-ring (bicyclic) bond motifs is 3. The fourth-order valence-corrected chi connectivity index (χ4v) is 4.54. The van der Waals surface area contributed by atoms with Gasteiger partial charge in [-0.3, -0.25) is 4.79 Å². The highest BCUT2D eigenvalue weighted by molar-refractivity contribution is 5.78. The van der Waals surface area contributed by atoms with Crippen molar-refractivity contribution in [2.24, 2.45) is 17.3 Å². The topological polar surface area (TPSA) is 52.6 Å². The van der Waals surface area contributed by atoms with E-state index in [-0.39, 0.29) is 17.8 Å². The van der Waals surface area contributed by atoms with E-state index in [0.717, 1.165) is 31.3 Å². The number of hydrogen-bond acceptors (Lipinski definition) is 4. The van der Waals surface area contributed by atoms with Crippen LogP contribution in [-0.2, 0) is 20.7 Å². The molecule has 1 aromatic rings. The highest BCUT2D eigenvalue weighted by Gasteiger charge is 2.46. The minimum absolute atomic E-state index is 0.178. The zero-order valence-electron chi connectivity index (χ0n) is 15.2. The first-order valence-electron chi connectivity index (χ1n) is 8.94. The smallest absolute Gasteiger partial charge is 0.305 e. The van der Waals surface area contributed by atoms with Gasteiger partial charge in [-0.05, 0) is 66.4 Å². The van der Waals surface area contributed by atoms with Crippen molar-refractivity contribution in [3.63, 3.8) is 0 Å². The fourth-order valence-electron chi connectivity index (χ4n) is 4.54. The zero-order chi connectivity index (χ0) is 18.0. The van der Waals surface area contributed by atoms with E-state index < -0.39 is 5.41 Å². The molecule has 0 spiro atoms. The molecular weight excluding hydrogens is 316 g/mol. The number of benzene rings is 1. The van der Waals surface area contributed by atoms with E-state index in [9.17, 15) is 9.59 Å². The summed E-state index contributed by atoms with van der Waals surface area (Å²) in [5, 5.41) is 0. The Labute approximate surface area is 149 Å². The molecule has 0 aromatic heterocycles. The van der Waals surface area contributed by atoms with Gasteiger partial charge in [-0.15, -0.1) is 0 Å². The second kappa shape index (κ2) is 7.03. The maximum absolute atomic E-state index is 12.1. The monoisotopic (exact) mass is 342 g/mol. The van der Waals surface area contributed by atoms with E-state index in [2.05, 4.69) is 25.1 Å². The Hall–Kier alpha value is -2.10. The highest BCUT2D eigenvalue weighted by Crippen LogP contribution is 2.53. The molecule has 0 saturated carbocycles. The quantitative estimate of drug-likeness (QED) is 0.603. The first-order chi connectivity index (χ1) is 12.0. The van der Waals surface area contributed by atoms with Crippen molar-refractivity contribution < 1.29 is 19.1 Å². The van der Waals surface area contributed by atoms with Gasteiger partial charge in [0.05, 0.1) is 14.2 Å². The molecule has 134 valence electrons. The number of carbonyl (C=O) groups excluding carboxylic acids is 2. The number of aryl methyl sites for hydroxylation is 1. The maximum Gasteiger partial charge on any atom is 0.305 e. The highest BCUT2D eigenvalue weighted by atomic mass is 16.5. The van der Waals surface area contributed by atoms with Crippen molar-refractivity contribution in [3.8, 4) is 5.75 Å². The van der Waals surface area contributed by atoms with E-state index in [1.165, 1.54) is 23.8 Å². The standard InChI is InChI=1S/C21H26O4/c1-21(13-22)15(6-11-20(23)25-3)5-8-18-17-9-7-16(24-2)12-14(17)4-10-19(18)21/h7-9,12-13,15,19H,4-6,10-11H2,1-3H3/t15-,19-,21-/m1/s1. The molecule has 2 aliphatic carbocycles. The molecule has 4 nitrogen and oxygen atoms in total. The molecule has 0 N–H and O–H groups in total. The first kappa shape index (κ1) is 17.7. The Morgan fingerprint density at radius 1 is 1.36 bits per heavy atom. The Balaban J connectivity index is 1.91. The van der Waals surface area contributed by atoms with Crippen LogP contribution >= 0.6 is 0 Å². The molecule has 3 rings (SSSR count). The molecule has 0 heterocycles. The van der Waals surface area contributed by atoms with E-state index >= 15 is 0 Å². The molecule has 1 aromatic carbocycles. The summed E-state index contributed by atoms with van der Waals surface area (Å²) in [7, 11) is 3.09. The van der Waals surface area contributed by atoms with Crippen LogP contribution in [0.2, 0.25) is 0 Å². The van der Waals surface area contributed by atoms with Crippen LogP contribution in [0.3, 0.4) is 0 Å². The third-order valence-corrected chi connectivity index (χ3v) is 6.13. The fraction of sp³-hybridized carbons (Fsp3) is 0.524. The predicted octanol–water partition coefficient (Wildman–Crippen LogP) is 3.82. The Kier molecular flexibility index (Phi) is 4.98. The summed E-state index contributed by atoms with van der Waals surface area (Å²) < 4.78 is 10.1. The lowest BCUT2D eigenvalue weighted by atomic mass is 9.56. The van der Waals surface area contributed by atoms with Gasteiger partial charge in [0.2, 0.25) is 0 Å². The maximum atomic E-state index is 12.1.